The zero-order chi connectivity index (χ0) is 14.5. The molecule has 0 amide bonds. The second-order valence-electron chi connectivity index (χ2n) is 5.04. The maximum absolute atomic E-state index is 5.47. The molecule has 1 N–H and O–H groups in total. The highest BCUT2D eigenvalue weighted by Gasteiger charge is 2.13. The van der Waals surface area contributed by atoms with Crippen LogP contribution in [-0.4, -0.2) is 7.11 Å². The van der Waals surface area contributed by atoms with E-state index in [1.807, 2.05) is 23.5 Å². The molecule has 1 heterocycles. The number of methoxy groups -OCH3 is 1. The Morgan fingerprint density at radius 2 is 2.00 bits per heavy atom. The first kappa shape index (κ1) is 15.1. The van der Waals surface area contributed by atoms with Crippen molar-refractivity contribution in [2.24, 2.45) is 0 Å². The van der Waals surface area contributed by atoms with Gasteiger partial charge in [-0.1, -0.05) is 25.1 Å². The molecule has 2 nitrogen and oxygen atoms in total. The van der Waals surface area contributed by atoms with Crippen molar-refractivity contribution in [2.75, 3.05) is 7.11 Å². The van der Waals surface area contributed by atoms with Crippen LogP contribution in [0.5, 0.6) is 5.75 Å². The molecule has 0 aliphatic rings. The van der Waals surface area contributed by atoms with Crippen LogP contribution in [0.15, 0.2) is 30.3 Å². The van der Waals surface area contributed by atoms with Gasteiger partial charge in [0.05, 0.1) is 7.11 Å². The molecule has 0 bridgehead atoms. The van der Waals surface area contributed by atoms with Crippen LogP contribution in [0.4, 0.5) is 0 Å². The Labute approximate surface area is 125 Å². The molecule has 1 atom stereocenters. The third-order valence-electron chi connectivity index (χ3n) is 3.66. The van der Waals surface area contributed by atoms with Gasteiger partial charge in [-0.25, -0.2) is 0 Å². The van der Waals surface area contributed by atoms with Crippen LogP contribution in [0.1, 0.15) is 40.3 Å². The number of nitrogens with one attached hydrogen (secondary N) is 1. The monoisotopic (exact) mass is 289 g/mol. The van der Waals surface area contributed by atoms with Crippen molar-refractivity contribution in [3.05, 3.63) is 51.2 Å². The molecule has 1 unspecified atom stereocenters. The standard InChI is InChI=1S/C17H23NOS/c1-5-16(15-8-6-7-9-17(15)19-4)18-11-14-10-12(2)13(3)20-14/h6-10,16,18H,5,11H2,1-4H3. The second-order valence-corrected chi connectivity index (χ2v) is 6.38. The minimum absolute atomic E-state index is 0.328. The Hall–Kier alpha value is -1.32. The highest BCUT2D eigenvalue weighted by Crippen LogP contribution is 2.28. The molecule has 0 spiro atoms. The first-order valence-corrected chi connectivity index (χ1v) is 7.89. The lowest BCUT2D eigenvalue weighted by Crippen LogP contribution is -2.20. The molecular weight excluding hydrogens is 266 g/mol. The van der Waals surface area contributed by atoms with Crippen molar-refractivity contribution < 1.29 is 4.74 Å². The molecule has 0 radical (unpaired) electrons. The topological polar surface area (TPSA) is 21.3 Å². The van der Waals surface area contributed by atoms with Crippen LogP contribution >= 0.6 is 11.3 Å². The fraction of sp³-hybridized carbons (Fsp3) is 0.412. The summed E-state index contributed by atoms with van der Waals surface area (Å²) >= 11 is 1.88. The van der Waals surface area contributed by atoms with Crippen molar-refractivity contribution in [3.63, 3.8) is 0 Å². The van der Waals surface area contributed by atoms with E-state index in [1.54, 1.807) is 7.11 Å². The third-order valence-corrected chi connectivity index (χ3v) is 4.81. The van der Waals surface area contributed by atoms with Gasteiger partial charge in [0.2, 0.25) is 0 Å². The van der Waals surface area contributed by atoms with Crippen molar-refractivity contribution in [2.45, 2.75) is 39.8 Å². The van der Waals surface area contributed by atoms with Gasteiger partial charge in [0, 0.05) is 27.9 Å². The molecule has 1 aromatic heterocycles. The minimum Gasteiger partial charge on any atom is -0.496 e. The van der Waals surface area contributed by atoms with Gasteiger partial charge in [-0.3, -0.25) is 0 Å². The van der Waals surface area contributed by atoms with E-state index in [2.05, 4.69) is 44.3 Å². The summed E-state index contributed by atoms with van der Waals surface area (Å²) in [7, 11) is 1.73. The van der Waals surface area contributed by atoms with E-state index < -0.39 is 0 Å². The Kier molecular flexibility index (Phi) is 5.21. The summed E-state index contributed by atoms with van der Waals surface area (Å²) in [5.74, 6) is 0.963. The molecule has 2 aromatic rings. The summed E-state index contributed by atoms with van der Waals surface area (Å²) in [6, 6.07) is 10.9. The predicted molar refractivity (Wildman–Crippen MR) is 86.7 cm³/mol. The Morgan fingerprint density at radius 1 is 1.25 bits per heavy atom. The number of rotatable bonds is 6. The van der Waals surface area contributed by atoms with Gasteiger partial charge in [-0.05, 0) is 38.0 Å². The average Bonchev–Trinajstić information content (AvgIpc) is 2.79. The summed E-state index contributed by atoms with van der Waals surface area (Å²) < 4.78 is 5.47. The van der Waals surface area contributed by atoms with Gasteiger partial charge in [-0.2, -0.15) is 0 Å². The SMILES string of the molecule is CCC(NCc1cc(C)c(C)s1)c1ccccc1OC. The summed E-state index contributed by atoms with van der Waals surface area (Å²) in [5.41, 5.74) is 2.62. The lowest BCUT2D eigenvalue weighted by atomic mass is 10.0. The predicted octanol–water partition coefficient (Wildman–Crippen LogP) is 4.61. The van der Waals surface area contributed by atoms with Crippen molar-refractivity contribution >= 4 is 11.3 Å². The molecule has 0 aliphatic carbocycles. The summed E-state index contributed by atoms with van der Waals surface area (Å²) in [6.07, 6.45) is 1.05. The smallest absolute Gasteiger partial charge is 0.123 e. The van der Waals surface area contributed by atoms with Gasteiger partial charge in [-0.15, -0.1) is 11.3 Å². The van der Waals surface area contributed by atoms with E-state index in [0.29, 0.717) is 6.04 Å². The van der Waals surface area contributed by atoms with Crippen LogP contribution in [0, 0.1) is 13.8 Å². The molecule has 1 aromatic carbocycles. The number of aryl methyl sites for hydroxylation is 2. The molecule has 20 heavy (non-hydrogen) atoms. The van der Waals surface area contributed by atoms with Crippen LogP contribution in [0.3, 0.4) is 0 Å². The van der Waals surface area contributed by atoms with Gasteiger partial charge in [0.25, 0.3) is 0 Å². The van der Waals surface area contributed by atoms with Gasteiger partial charge < -0.3 is 10.1 Å². The number of thiophene rings is 1. The average molecular weight is 289 g/mol. The zero-order valence-corrected chi connectivity index (χ0v) is 13.5. The second kappa shape index (κ2) is 6.91. The van der Waals surface area contributed by atoms with Crippen molar-refractivity contribution in [1.29, 1.82) is 0 Å². The van der Waals surface area contributed by atoms with Crippen LogP contribution in [0.25, 0.3) is 0 Å². The number of para-hydroxylation sites is 1. The first-order chi connectivity index (χ1) is 9.65. The zero-order valence-electron chi connectivity index (χ0n) is 12.7. The molecule has 0 saturated heterocycles. The molecule has 0 saturated carbocycles. The largest absolute Gasteiger partial charge is 0.496 e. The number of ether oxygens (including phenoxy) is 1. The maximum Gasteiger partial charge on any atom is 0.123 e. The number of hydrogen-bond acceptors (Lipinski definition) is 3. The van der Waals surface area contributed by atoms with Crippen molar-refractivity contribution in [1.82, 2.24) is 5.32 Å². The Balaban J connectivity index is 2.09. The van der Waals surface area contributed by atoms with E-state index in [9.17, 15) is 0 Å². The quantitative estimate of drug-likeness (QED) is 0.838. The molecule has 108 valence electrons. The summed E-state index contributed by atoms with van der Waals surface area (Å²) in [6.45, 7) is 7.47. The fourth-order valence-electron chi connectivity index (χ4n) is 2.39. The normalized spacial score (nSPS) is 12.4. The van der Waals surface area contributed by atoms with Crippen LogP contribution in [0.2, 0.25) is 0 Å². The van der Waals surface area contributed by atoms with Gasteiger partial charge >= 0.3 is 0 Å². The highest BCUT2D eigenvalue weighted by atomic mass is 32.1. The lowest BCUT2D eigenvalue weighted by molar-refractivity contribution is 0.397. The van der Waals surface area contributed by atoms with Crippen LogP contribution in [-0.2, 0) is 6.54 Å². The third kappa shape index (κ3) is 3.41. The summed E-state index contributed by atoms with van der Waals surface area (Å²) in [5, 5.41) is 3.65. The number of benzene rings is 1. The van der Waals surface area contributed by atoms with Gasteiger partial charge in [0.15, 0.2) is 0 Å². The molecule has 0 aliphatic heterocycles. The molecular formula is C17H23NOS. The summed E-state index contributed by atoms with van der Waals surface area (Å²) in [4.78, 5) is 2.81. The fourth-order valence-corrected chi connectivity index (χ4v) is 3.39. The molecule has 3 heteroatoms. The first-order valence-electron chi connectivity index (χ1n) is 7.08. The number of hydrogen-bond donors (Lipinski definition) is 1. The Morgan fingerprint density at radius 3 is 2.60 bits per heavy atom. The lowest BCUT2D eigenvalue weighted by Gasteiger charge is -2.19. The van der Waals surface area contributed by atoms with Crippen molar-refractivity contribution in [3.8, 4) is 5.75 Å². The minimum atomic E-state index is 0.328. The molecule has 2 rings (SSSR count). The Bertz CT molecular complexity index is 542. The van der Waals surface area contributed by atoms with E-state index in [4.69, 9.17) is 4.74 Å². The molecule has 0 fully saturated rings. The van der Waals surface area contributed by atoms with Gasteiger partial charge in [0.1, 0.15) is 5.75 Å². The highest BCUT2D eigenvalue weighted by molar-refractivity contribution is 7.12. The van der Waals surface area contributed by atoms with E-state index in [0.717, 1.165) is 18.7 Å². The van der Waals surface area contributed by atoms with E-state index in [-0.39, 0.29) is 0 Å². The van der Waals surface area contributed by atoms with E-state index >= 15 is 0 Å². The van der Waals surface area contributed by atoms with Crippen LogP contribution < -0.4 is 10.1 Å². The van der Waals surface area contributed by atoms with E-state index in [1.165, 1.54) is 20.9 Å². The maximum atomic E-state index is 5.47.